The molecule has 70 heavy (non-hydrogen) atoms. The third-order valence-corrected chi connectivity index (χ3v) is 13.0. The molecule has 3 heterocycles. The Balaban J connectivity index is 1.43. The van der Waals surface area contributed by atoms with Gasteiger partial charge in [0.25, 0.3) is 0 Å². The van der Waals surface area contributed by atoms with Gasteiger partial charge < -0.3 is 34.7 Å². The van der Waals surface area contributed by atoms with Gasteiger partial charge in [0.15, 0.2) is 5.92 Å². The van der Waals surface area contributed by atoms with Gasteiger partial charge in [-0.05, 0) is 65.1 Å². The molecule has 0 aliphatic carbocycles. The smallest absolute Gasteiger partial charge is 0.329 e. The van der Waals surface area contributed by atoms with Crippen molar-refractivity contribution in [1.82, 2.24) is 15.5 Å². The highest BCUT2D eigenvalue weighted by Crippen LogP contribution is 2.66. The first kappa shape index (κ1) is 48.4. The maximum absolute atomic E-state index is 16.5. The van der Waals surface area contributed by atoms with Crippen LogP contribution < -0.4 is 20.3 Å². The topological polar surface area (TPSA) is 190 Å². The van der Waals surface area contributed by atoms with Gasteiger partial charge in [0, 0.05) is 18.5 Å². The number of carbonyl (C=O) groups excluding carboxylic acids is 6. The molecular formula is C55H52N4O11. The van der Waals surface area contributed by atoms with E-state index in [1.165, 1.54) is 6.08 Å². The first-order chi connectivity index (χ1) is 34.0. The molecule has 7 unspecified atom stereocenters. The van der Waals surface area contributed by atoms with Crippen molar-refractivity contribution in [2.24, 2.45) is 11.8 Å². The van der Waals surface area contributed by atoms with E-state index in [0.717, 1.165) is 24.7 Å². The van der Waals surface area contributed by atoms with Crippen LogP contribution >= 0.6 is 0 Å². The van der Waals surface area contributed by atoms with E-state index < -0.39 is 83.3 Å². The predicted molar refractivity (Wildman–Crippen MR) is 257 cm³/mol. The number of hydrogen-bond donors (Lipinski definition) is 3. The van der Waals surface area contributed by atoms with Crippen LogP contribution in [0, 0.1) is 23.7 Å². The van der Waals surface area contributed by atoms with Crippen LogP contribution in [0.3, 0.4) is 0 Å². The van der Waals surface area contributed by atoms with Crippen LogP contribution in [-0.4, -0.2) is 85.8 Å². The number of anilines is 1. The molecule has 0 radical (unpaired) electrons. The monoisotopic (exact) mass is 944 g/mol. The Hall–Kier alpha value is -8.06. The van der Waals surface area contributed by atoms with E-state index in [2.05, 4.69) is 29.1 Å². The van der Waals surface area contributed by atoms with Crippen LogP contribution in [0.15, 0.2) is 146 Å². The largest absolute Gasteiger partial charge is 0.491 e. The molecule has 0 bridgehead atoms. The average Bonchev–Trinajstić information content (AvgIpc) is 3.85. The summed E-state index contributed by atoms with van der Waals surface area (Å²) in [7, 11) is 2.29. The molecule has 4 amide bonds. The number of carbonyl (C=O) groups is 6. The number of urea groups is 1. The summed E-state index contributed by atoms with van der Waals surface area (Å²) in [5.41, 5.74) is 1.05. The molecule has 0 saturated carbocycles. The van der Waals surface area contributed by atoms with Crippen molar-refractivity contribution in [1.29, 1.82) is 0 Å². The zero-order valence-corrected chi connectivity index (χ0v) is 38.8. The lowest BCUT2D eigenvalue weighted by atomic mass is 9.65. The van der Waals surface area contributed by atoms with Crippen molar-refractivity contribution in [3.05, 3.63) is 179 Å². The molecule has 15 heteroatoms. The highest BCUT2D eigenvalue weighted by atomic mass is 16.6. The summed E-state index contributed by atoms with van der Waals surface area (Å²) < 4.78 is 22.2. The Morgan fingerprint density at radius 1 is 0.829 bits per heavy atom. The number of aliphatic hydroxyl groups is 1. The van der Waals surface area contributed by atoms with E-state index in [-0.39, 0.29) is 43.0 Å². The number of rotatable bonds is 14. The zero-order chi connectivity index (χ0) is 49.5. The molecule has 0 aromatic heterocycles. The second-order valence-corrected chi connectivity index (χ2v) is 17.0. The Bertz CT molecular complexity index is 2830. The maximum Gasteiger partial charge on any atom is 0.329 e. The number of amides is 4. The molecule has 3 aliphatic heterocycles. The number of morpholine rings is 1. The van der Waals surface area contributed by atoms with E-state index in [1.807, 2.05) is 95.9 Å². The Labute approximate surface area is 405 Å². The van der Waals surface area contributed by atoms with Gasteiger partial charge in [-0.1, -0.05) is 121 Å². The van der Waals surface area contributed by atoms with Gasteiger partial charge in [-0.25, -0.2) is 9.69 Å². The number of hydrogen-bond acceptors (Lipinski definition) is 12. The first-order valence-electron chi connectivity index (χ1n) is 22.8. The van der Waals surface area contributed by atoms with Crippen molar-refractivity contribution in [2.45, 2.75) is 49.0 Å². The minimum Gasteiger partial charge on any atom is -0.491 e. The number of ether oxygens (including phenoxy) is 4. The van der Waals surface area contributed by atoms with Crippen molar-refractivity contribution in [3.63, 3.8) is 0 Å². The summed E-state index contributed by atoms with van der Waals surface area (Å²) >= 11 is 0. The molecule has 3 aliphatic rings. The van der Waals surface area contributed by atoms with E-state index in [0.29, 0.717) is 22.4 Å². The quantitative estimate of drug-likeness (QED) is 0.0377. The van der Waals surface area contributed by atoms with E-state index in [1.54, 1.807) is 49.4 Å². The molecule has 1 spiro atoms. The number of esters is 3. The van der Waals surface area contributed by atoms with Gasteiger partial charge in [0.2, 0.25) is 11.8 Å². The lowest BCUT2D eigenvalue weighted by Crippen LogP contribution is -2.56. The number of fused-ring (bicyclic) bond motifs is 3. The fourth-order valence-corrected chi connectivity index (χ4v) is 10.1. The lowest BCUT2D eigenvalue weighted by Gasteiger charge is -2.46. The van der Waals surface area contributed by atoms with Gasteiger partial charge in [-0.2, -0.15) is 0 Å². The summed E-state index contributed by atoms with van der Waals surface area (Å²) in [5, 5.41) is 15.7. The lowest BCUT2D eigenvalue weighted by molar-refractivity contribution is -0.178. The summed E-state index contributed by atoms with van der Waals surface area (Å²) in [6, 6.07) is 34.5. The molecular weight excluding hydrogens is 893 g/mol. The Morgan fingerprint density at radius 3 is 2.11 bits per heavy atom. The van der Waals surface area contributed by atoms with Crippen LogP contribution in [0.5, 0.6) is 5.75 Å². The standard InChI is InChI=1S/C55H52N4O11/c1-5-29-56-49(61)44-46-52(64)70-47(38-22-13-8-14-23-38)45(37-20-11-7-12-21-37)59(46)48(39-24-16-25-40(33-39)69-31-30-60)55(44)42-32-35(17-15-26-41(50(62)67-3)51(63)68-4)27-28-43(42)58(53(55)65)54(66)57-34(2)36-18-9-6-10-19-36/h5-14,16,18-25,27-28,32-34,41,44-48,60H,1,26,29-31H2,2-4H3,(H,56,61)(H,57,66). The number of nitrogens with one attached hydrogen (secondary N) is 2. The number of aliphatic hydroxyl groups excluding tert-OH is 1. The minimum absolute atomic E-state index is 0.0377. The summed E-state index contributed by atoms with van der Waals surface area (Å²) in [5.74, 6) is -0.670. The van der Waals surface area contributed by atoms with Gasteiger partial charge in [-0.3, -0.25) is 28.9 Å². The van der Waals surface area contributed by atoms with Gasteiger partial charge in [-0.15, -0.1) is 6.58 Å². The van der Waals surface area contributed by atoms with E-state index in [4.69, 9.17) is 18.9 Å². The number of imide groups is 1. The fourth-order valence-electron chi connectivity index (χ4n) is 10.1. The van der Waals surface area contributed by atoms with Gasteiger partial charge in [0.1, 0.15) is 29.9 Å². The first-order valence-corrected chi connectivity index (χ1v) is 22.8. The molecule has 8 rings (SSSR count). The molecule has 7 atom stereocenters. The third-order valence-electron chi connectivity index (χ3n) is 13.0. The van der Waals surface area contributed by atoms with Crippen molar-refractivity contribution >= 4 is 41.4 Å². The van der Waals surface area contributed by atoms with Gasteiger partial charge >= 0.3 is 23.9 Å². The number of nitrogens with zero attached hydrogens (tertiary/aromatic N) is 2. The maximum atomic E-state index is 16.5. The van der Waals surface area contributed by atoms with Crippen molar-refractivity contribution < 1.29 is 52.8 Å². The van der Waals surface area contributed by atoms with Gasteiger partial charge in [0.05, 0.1) is 50.6 Å². The predicted octanol–water partition coefficient (Wildman–Crippen LogP) is 6.20. The minimum atomic E-state index is -2.12. The van der Waals surface area contributed by atoms with Crippen LogP contribution in [0.1, 0.15) is 71.0 Å². The molecule has 5 aromatic carbocycles. The summed E-state index contributed by atoms with van der Waals surface area (Å²) in [4.78, 5) is 90.5. The fraction of sp³-hybridized carbons (Fsp3) is 0.273. The zero-order valence-electron chi connectivity index (χ0n) is 38.8. The average molecular weight is 945 g/mol. The van der Waals surface area contributed by atoms with Crippen LogP contribution in [0.4, 0.5) is 10.5 Å². The molecule has 2 fully saturated rings. The molecule has 2 saturated heterocycles. The molecule has 3 N–H and O–H groups in total. The number of cyclic esters (lactones) is 1. The normalized spacial score (nSPS) is 21.6. The molecule has 15 nitrogen and oxygen atoms in total. The summed E-state index contributed by atoms with van der Waals surface area (Å²) in [6.45, 7) is 5.21. The molecule has 5 aromatic rings. The second kappa shape index (κ2) is 21.1. The summed E-state index contributed by atoms with van der Waals surface area (Å²) in [6.07, 6.45) is 0.226. The highest BCUT2D eigenvalue weighted by molar-refractivity contribution is 6.24. The number of methoxy groups -OCH3 is 2. The van der Waals surface area contributed by atoms with Crippen LogP contribution in [-0.2, 0) is 43.6 Å². The third kappa shape index (κ3) is 8.90. The SMILES string of the molecule is C=CCNC(=O)C1C2C(=O)OC(c3ccccc3)C(c3ccccc3)N2C(c2cccc(OCCO)c2)C12C(=O)N(C(=O)NC(C)c1ccccc1)c1ccc(C#CCC(C(=O)OC)C(=O)OC)cc12. The number of benzene rings is 5. The van der Waals surface area contributed by atoms with Crippen molar-refractivity contribution in [2.75, 3.05) is 38.9 Å². The second-order valence-electron chi connectivity index (χ2n) is 17.0. The van der Waals surface area contributed by atoms with Crippen molar-refractivity contribution in [3.8, 4) is 17.6 Å². The van der Waals surface area contributed by atoms with Crippen LogP contribution in [0.2, 0.25) is 0 Å². The Morgan fingerprint density at radius 2 is 1.47 bits per heavy atom. The Kier molecular flexibility index (Phi) is 14.6. The van der Waals surface area contributed by atoms with E-state index in [9.17, 15) is 14.7 Å². The highest BCUT2D eigenvalue weighted by Gasteiger charge is 2.75. The molecule has 358 valence electrons. The van der Waals surface area contributed by atoms with Crippen LogP contribution in [0.25, 0.3) is 0 Å². The van der Waals surface area contributed by atoms with E-state index >= 15 is 19.2 Å².